The van der Waals surface area contributed by atoms with Gasteiger partial charge < -0.3 is 24.3 Å². The molecule has 0 N–H and O–H groups in total. The number of carboxylic acids is 1. The molecule has 110 valence electrons. The molecule has 1 aromatic rings. The van der Waals surface area contributed by atoms with Crippen molar-refractivity contribution in [3.05, 3.63) is 24.0 Å². The van der Waals surface area contributed by atoms with Crippen LogP contribution in [0.1, 0.15) is 23.3 Å². The van der Waals surface area contributed by atoms with Gasteiger partial charge in [-0.1, -0.05) is 0 Å². The van der Waals surface area contributed by atoms with E-state index in [2.05, 4.69) is 9.88 Å². The van der Waals surface area contributed by atoms with Gasteiger partial charge in [-0.05, 0) is 25.0 Å². The van der Waals surface area contributed by atoms with Crippen molar-refractivity contribution >= 4 is 11.7 Å². The van der Waals surface area contributed by atoms with Crippen LogP contribution in [0, 0.1) is 5.92 Å². The third-order valence-corrected chi connectivity index (χ3v) is 3.71. The number of pyridine rings is 1. The van der Waals surface area contributed by atoms with E-state index in [9.17, 15) is 9.90 Å². The van der Waals surface area contributed by atoms with Gasteiger partial charge >= 0.3 is 18.9 Å². The van der Waals surface area contributed by atoms with Crippen molar-refractivity contribution in [1.82, 2.24) is 4.98 Å². The second-order valence-corrected chi connectivity index (χ2v) is 4.85. The molecule has 1 saturated heterocycles. The van der Waals surface area contributed by atoms with E-state index in [1.54, 1.807) is 26.5 Å². The Morgan fingerprint density at radius 2 is 1.95 bits per heavy atom. The minimum absolute atomic E-state index is 0. The van der Waals surface area contributed by atoms with Crippen LogP contribution >= 0.6 is 0 Å². The molecule has 0 aliphatic carbocycles. The summed E-state index contributed by atoms with van der Waals surface area (Å²) in [5, 5.41) is 10.7. The molecular weight excluding hydrogens is 267 g/mol. The molecule has 0 unspecified atom stereocenters. The van der Waals surface area contributed by atoms with E-state index in [0.29, 0.717) is 5.92 Å². The third kappa shape index (κ3) is 4.45. The van der Waals surface area contributed by atoms with Crippen LogP contribution in [0.3, 0.4) is 0 Å². The molecule has 0 radical (unpaired) electrons. The van der Waals surface area contributed by atoms with E-state index in [0.717, 1.165) is 31.6 Å². The Hall–Kier alpha value is -1.06. The maximum atomic E-state index is 10.7. The van der Waals surface area contributed by atoms with E-state index in [-0.39, 0.29) is 30.8 Å². The zero-order valence-electron chi connectivity index (χ0n) is 12.7. The van der Waals surface area contributed by atoms with Crippen molar-refractivity contribution in [2.75, 3.05) is 32.2 Å². The van der Waals surface area contributed by atoms with Crippen molar-refractivity contribution < 1.29 is 38.2 Å². The Labute approximate surface area is 136 Å². The van der Waals surface area contributed by atoms with Gasteiger partial charge in [-0.25, -0.2) is 0 Å². The Kier molecular flexibility index (Phi) is 7.19. The minimum atomic E-state index is -1.25. The number of anilines is 1. The molecule has 2 heterocycles. The molecule has 2 rings (SSSR count). The smallest absolute Gasteiger partial charge is 0.543 e. The number of hydrogen-bond acceptors (Lipinski definition) is 6. The van der Waals surface area contributed by atoms with Gasteiger partial charge in [0.1, 0.15) is 0 Å². The van der Waals surface area contributed by atoms with Crippen molar-refractivity contribution in [3.63, 3.8) is 0 Å². The Bertz CT molecular complexity index is 443. The van der Waals surface area contributed by atoms with Crippen molar-refractivity contribution in [1.29, 1.82) is 0 Å². The first-order valence-corrected chi connectivity index (χ1v) is 6.63. The summed E-state index contributed by atoms with van der Waals surface area (Å²) in [6, 6.07) is 3.24. The molecule has 0 atom stereocenters. The summed E-state index contributed by atoms with van der Waals surface area (Å²) < 4.78 is 10.6. The molecule has 1 aliphatic heterocycles. The number of nitrogens with zero attached hydrogens (tertiary/aromatic N) is 2. The molecule has 0 amide bonds. The van der Waals surface area contributed by atoms with Crippen molar-refractivity contribution in [2.45, 2.75) is 19.1 Å². The zero-order valence-corrected chi connectivity index (χ0v) is 12.7. The molecule has 21 heavy (non-hydrogen) atoms. The largest absolute Gasteiger partial charge is 1.00 e. The van der Waals surface area contributed by atoms with Crippen LogP contribution < -0.4 is 28.9 Å². The maximum Gasteiger partial charge on any atom is 1.00 e. The summed E-state index contributed by atoms with van der Waals surface area (Å²) in [6.45, 7) is 1.75. The Morgan fingerprint density at radius 1 is 1.33 bits per heavy atom. The Morgan fingerprint density at radius 3 is 2.38 bits per heavy atom. The standard InChI is InChI=1S/C14H20N2O4.Li/c1-19-14(20-2)10-5-7-16(8-6-10)11-3-4-12(13(17)18)15-9-11;/h3-4,9-10,14H,5-8H2,1-2H3,(H,17,18);/q;+1/p-1. The van der Waals surface area contributed by atoms with Crippen LogP contribution in [0.4, 0.5) is 5.69 Å². The maximum absolute atomic E-state index is 10.7. The van der Waals surface area contributed by atoms with Crippen LogP contribution in [-0.4, -0.2) is 44.6 Å². The fourth-order valence-electron chi connectivity index (χ4n) is 2.60. The molecule has 1 fully saturated rings. The number of methoxy groups -OCH3 is 2. The number of aromatic nitrogens is 1. The summed E-state index contributed by atoms with van der Waals surface area (Å²) in [5.74, 6) is -0.866. The van der Waals surface area contributed by atoms with E-state index in [1.807, 2.05) is 0 Å². The fourth-order valence-corrected chi connectivity index (χ4v) is 2.60. The zero-order chi connectivity index (χ0) is 14.5. The fraction of sp³-hybridized carbons (Fsp3) is 0.571. The molecular formula is C14H19LiN2O4. The second kappa shape index (κ2) is 8.40. The molecule has 7 heteroatoms. The minimum Gasteiger partial charge on any atom is -0.543 e. The second-order valence-electron chi connectivity index (χ2n) is 4.85. The average Bonchev–Trinajstić information content (AvgIpc) is 2.49. The van der Waals surface area contributed by atoms with Gasteiger partial charge in [0.2, 0.25) is 0 Å². The average molecular weight is 286 g/mol. The molecule has 0 bridgehead atoms. The van der Waals surface area contributed by atoms with Crippen molar-refractivity contribution in [3.8, 4) is 0 Å². The SMILES string of the molecule is COC(OC)C1CCN(c2ccc(C(=O)[O-])nc2)CC1.[Li+]. The summed E-state index contributed by atoms with van der Waals surface area (Å²) >= 11 is 0. The monoisotopic (exact) mass is 286 g/mol. The van der Waals surface area contributed by atoms with E-state index in [4.69, 9.17) is 9.47 Å². The number of hydrogen-bond donors (Lipinski definition) is 0. The van der Waals surface area contributed by atoms with Crippen molar-refractivity contribution in [2.24, 2.45) is 5.92 Å². The van der Waals surface area contributed by atoms with E-state index < -0.39 is 5.97 Å². The normalized spacial score (nSPS) is 15.9. The molecule has 6 nitrogen and oxygen atoms in total. The van der Waals surface area contributed by atoms with Gasteiger partial charge in [0, 0.05) is 33.2 Å². The molecule has 0 saturated carbocycles. The summed E-state index contributed by atoms with van der Waals surface area (Å²) in [7, 11) is 3.31. The molecule has 0 spiro atoms. The molecule has 1 aromatic heterocycles. The van der Waals surface area contributed by atoms with Gasteiger partial charge in [-0.2, -0.15) is 0 Å². The first kappa shape index (κ1) is 18.0. The first-order chi connectivity index (χ1) is 9.65. The Balaban J connectivity index is 0.00000220. The van der Waals surface area contributed by atoms with E-state index >= 15 is 0 Å². The van der Waals surface area contributed by atoms with Gasteiger partial charge in [-0.15, -0.1) is 0 Å². The van der Waals surface area contributed by atoms with Crippen LogP contribution in [0.5, 0.6) is 0 Å². The number of rotatable bonds is 5. The number of aromatic carboxylic acids is 1. The van der Waals surface area contributed by atoms with Gasteiger partial charge in [-0.3, -0.25) is 4.98 Å². The first-order valence-electron chi connectivity index (χ1n) is 6.63. The van der Waals surface area contributed by atoms with Crippen LogP contribution in [0.15, 0.2) is 18.3 Å². The quantitative estimate of drug-likeness (QED) is 0.433. The predicted octanol–water partition coefficient (Wildman–Crippen LogP) is -2.72. The predicted molar refractivity (Wildman–Crippen MR) is 71.3 cm³/mol. The molecule has 0 aromatic carbocycles. The summed E-state index contributed by atoms with van der Waals surface area (Å²) in [5.41, 5.74) is 0.891. The van der Waals surface area contributed by atoms with Crippen LogP contribution in [0.25, 0.3) is 0 Å². The van der Waals surface area contributed by atoms with Gasteiger partial charge in [0.25, 0.3) is 0 Å². The number of carbonyl (C=O) groups is 1. The van der Waals surface area contributed by atoms with Crippen LogP contribution in [0.2, 0.25) is 0 Å². The number of carboxylic acid groups (broad SMARTS) is 1. The number of piperidine rings is 1. The third-order valence-electron chi connectivity index (χ3n) is 3.71. The molecule has 1 aliphatic rings. The van der Waals surface area contributed by atoms with Gasteiger partial charge in [0.15, 0.2) is 6.29 Å². The number of carbonyl (C=O) groups excluding carboxylic acids is 1. The summed E-state index contributed by atoms with van der Waals surface area (Å²) in [4.78, 5) is 16.7. The summed E-state index contributed by atoms with van der Waals surface area (Å²) in [6.07, 6.45) is 3.36. The topological polar surface area (TPSA) is 74.7 Å². The van der Waals surface area contributed by atoms with Crippen LogP contribution in [-0.2, 0) is 9.47 Å². The van der Waals surface area contributed by atoms with Gasteiger partial charge in [0.05, 0.1) is 23.5 Å². The van der Waals surface area contributed by atoms with E-state index in [1.165, 1.54) is 6.07 Å². The number of ether oxygens (including phenoxy) is 2.